The molecule has 2 aromatic carbocycles. The Morgan fingerprint density at radius 1 is 1.15 bits per heavy atom. The molecule has 0 bridgehead atoms. The molecule has 0 aliphatic heterocycles. The van der Waals surface area contributed by atoms with Gasteiger partial charge in [0.1, 0.15) is 18.1 Å². The van der Waals surface area contributed by atoms with Gasteiger partial charge in [0.25, 0.3) is 0 Å². The fourth-order valence-electron chi connectivity index (χ4n) is 1.82. The van der Waals surface area contributed by atoms with Crippen LogP contribution in [0.3, 0.4) is 0 Å². The van der Waals surface area contributed by atoms with Gasteiger partial charge in [0.2, 0.25) is 0 Å². The summed E-state index contributed by atoms with van der Waals surface area (Å²) in [5.41, 5.74) is 1.58. The zero-order chi connectivity index (χ0) is 14.5. The molecule has 2 aromatic rings. The third-order valence-corrected chi connectivity index (χ3v) is 3.49. The molecule has 0 unspecified atom stereocenters. The molecule has 20 heavy (non-hydrogen) atoms. The van der Waals surface area contributed by atoms with Gasteiger partial charge in [-0.15, -0.1) is 0 Å². The van der Waals surface area contributed by atoms with E-state index in [1.165, 1.54) is 6.92 Å². The van der Waals surface area contributed by atoms with Crippen molar-refractivity contribution in [2.24, 2.45) is 0 Å². The average molecular weight is 335 g/mol. The fourth-order valence-corrected chi connectivity index (χ4v) is 2.33. The van der Waals surface area contributed by atoms with Crippen molar-refractivity contribution in [3.63, 3.8) is 0 Å². The van der Waals surface area contributed by atoms with Gasteiger partial charge >= 0.3 is 0 Å². The van der Waals surface area contributed by atoms with Crippen molar-refractivity contribution < 1.29 is 14.3 Å². The van der Waals surface area contributed by atoms with Crippen molar-refractivity contribution in [1.82, 2.24) is 0 Å². The van der Waals surface area contributed by atoms with E-state index in [1.807, 2.05) is 30.3 Å². The van der Waals surface area contributed by atoms with E-state index < -0.39 is 0 Å². The number of carbonyl (C=O) groups is 1. The van der Waals surface area contributed by atoms with E-state index in [9.17, 15) is 4.79 Å². The van der Waals surface area contributed by atoms with Crippen LogP contribution in [0.5, 0.6) is 11.5 Å². The molecular weight excluding hydrogens is 320 g/mol. The lowest BCUT2D eigenvalue weighted by Gasteiger charge is -2.13. The SMILES string of the molecule is COc1cc(OCc2ccccc2)c(C(C)=O)cc1Br. The third kappa shape index (κ3) is 3.39. The molecule has 0 spiro atoms. The van der Waals surface area contributed by atoms with E-state index in [2.05, 4.69) is 15.9 Å². The van der Waals surface area contributed by atoms with Crippen molar-refractivity contribution in [3.8, 4) is 11.5 Å². The number of hydrogen-bond acceptors (Lipinski definition) is 3. The number of carbonyl (C=O) groups excluding carboxylic acids is 1. The summed E-state index contributed by atoms with van der Waals surface area (Å²) < 4.78 is 11.7. The molecule has 0 N–H and O–H groups in total. The second-order valence-corrected chi connectivity index (χ2v) is 5.17. The molecule has 0 atom stereocenters. The normalized spacial score (nSPS) is 10.2. The smallest absolute Gasteiger partial charge is 0.163 e. The van der Waals surface area contributed by atoms with Crippen LogP contribution < -0.4 is 9.47 Å². The summed E-state index contributed by atoms with van der Waals surface area (Å²) in [4.78, 5) is 11.7. The molecule has 2 rings (SSSR count). The molecule has 0 fully saturated rings. The Kier molecular flexibility index (Phi) is 4.79. The number of Topliss-reactive ketones (excluding diaryl/α,β-unsaturated/α-hetero) is 1. The zero-order valence-electron chi connectivity index (χ0n) is 11.4. The Hall–Kier alpha value is -1.81. The standard InChI is InChI=1S/C16H15BrO3/c1-11(18)13-8-14(17)16(19-2)9-15(13)20-10-12-6-4-3-5-7-12/h3-9H,10H2,1-2H3. The summed E-state index contributed by atoms with van der Waals surface area (Å²) in [5.74, 6) is 1.12. The Morgan fingerprint density at radius 3 is 2.45 bits per heavy atom. The first kappa shape index (κ1) is 14.6. The number of ketones is 1. The van der Waals surface area contributed by atoms with Gasteiger partial charge < -0.3 is 9.47 Å². The topological polar surface area (TPSA) is 35.5 Å². The Labute approximate surface area is 126 Å². The number of ether oxygens (including phenoxy) is 2. The van der Waals surface area contributed by atoms with Crippen LogP contribution in [-0.4, -0.2) is 12.9 Å². The first-order valence-electron chi connectivity index (χ1n) is 6.17. The maximum Gasteiger partial charge on any atom is 0.163 e. The Bertz CT molecular complexity index is 609. The lowest BCUT2D eigenvalue weighted by atomic mass is 10.1. The maximum atomic E-state index is 11.7. The van der Waals surface area contributed by atoms with Crippen molar-refractivity contribution in [3.05, 3.63) is 58.1 Å². The van der Waals surface area contributed by atoms with Gasteiger partial charge in [0.05, 0.1) is 17.1 Å². The average Bonchev–Trinajstić information content (AvgIpc) is 2.46. The van der Waals surface area contributed by atoms with Crippen LogP contribution in [0.1, 0.15) is 22.8 Å². The summed E-state index contributed by atoms with van der Waals surface area (Å²) in [5, 5.41) is 0. The highest BCUT2D eigenvalue weighted by atomic mass is 79.9. The van der Waals surface area contributed by atoms with Crippen LogP contribution in [0.25, 0.3) is 0 Å². The van der Waals surface area contributed by atoms with E-state index in [4.69, 9.17) is 9.47 Å². The van der Waals surface area contributed by atoms with E-state index in [1.54, 1.807) is 19.2 Å². The lowest BCUT2D eigenvalue weighted by Crippen LogP contribution is -2.02. The van der Waals surface area contributed by atoms with Crippen LogP contribution in [0.15, 0.2) is 46.9 Å². The number of halogens is 1. The van der Waals surface area contributed by atoms with Gasteiger partial charge in [-0.1, -0.05) is 30.3 Å². The third-order valence-electron chi connectivity index (χ3n) is 2.87. The van der Waals surface area contributed by atoms with Gasteiger partial charge in [0.15, 0.2) is 5.78 Å². The minimum Gasteiger partial charge on any atom is -0.495 e. The molecule has 0 aliphatic rings. The summed E-state index contributed by atoms with van der Waals surface area (Å²) in [6.45, 7) is 1.93. The molecule has 0 aliphatic carbocycles. The minimum atomic E-state index is -0.0450. The second-order valence-electron chi connectivity index (χ2n) is 4.31. The lowest BCUT2D eigenvalue weighted by molar-refractivity contribution is 0.101. The highest BCUT2D eigenvalue weighted by Gasteiger charge is 2.13. The van der Waals surface area contributed by atoms with Crippen molar-refractivity contribution in [2.45, 2.75) is 13.5 Å². The maximum absolute atomic E-state index is 11.7. The van der Waals surface area contributed by atoms with Crippen molar-refractivity contribution in [2.75, 3.05) is 7.11 Å². The highest BCUT2D eigenvalue weighted by molar-refractivity contribution is 9.10. The summed E-state index contributed by atoms with van der Waals surface area (Å²) >= 11 is 3.37. The Morgan fingerprint density at radius 2 is 1.85 bits per heavy atom. The summed E-state index contributed by atoms with van der Waals surface area (Å²) in [6, 6.07) is 13.3. The molecule has 0 amide bonds. The molecule has 0 radical (unpaired) electrons. The minimum absolute atomic E-state index is 0.0450. The van der Waals surface area contributed by atoms with E-state index in [-0.39, 0.29) is 5.78 Å². The van der Waals surface area contributed by atoms with Crippen LogP contribution in [0, 0.1) is 0 Å². The van der Waals surface area contributed by atoms with Gasteiger partial charge in [-0.25, -0.2) is 0 Å². The second kappa shape index (κ2) is 6.57. The van der Waals surface area contributed by atoms with Gasteiger partial charge in [-0.3, -0.25) is 4.79 Å². The number of benzene rings is 2. The largest absolute Gasteiger partial charge is 0.495 e. The van der Waals surface area contributed by atoms with Crippen LogP contribution in [-0.2, 0) is 6.61 Å². The zero-order valence-corrected chi connectivity index (χ0v) is 12.9. The molecule has 0 saturated carbocycles. The molecule has 0 saturated heterocycles. The molecule has 4 heteroatoms. The van der Waals surface area contributed by atoms with Crippen molar-refractivity contribution >= 4 is 21.7 Å². The van der Waals surface area contributed by atoms with Gasteiger partial charge in [-0.2, -0.15) is 0 Å². The summed E-state index contributed by atoms with van der Waals surface area (Å²) in [7, 11) is 1.58. The molecule has 3 nitrogen and oxygen atoms in total. The fraction of sp³-hybridized carbons (Fsp3) is 0.188. The van der Waals surface area contributed by atoms with E-state index in [0.717, 1.165) is 10.0 Å². The first-order chi connectivity index (χ1) is 9.61. The predicted octanol–water partition coefficient (Wildman–Crippen LogP) is 4.24. The van der Waals surface area contributed by atoms with E-state index >= 15 is 0 Å². The van der Waals surface area contributed by atoms with Crippen LogP contribution in [0.2, 0.25) is 0 Å². The first-order valence-corrected chi connectivity index (χ1v) is 6.96. The number of hydrogen-bond donors (Lipinski definition) is 0. The number of rotatable bonds is 5. The van der Waals surface area contributed by atoms with Crippen LogP contribution in [0.4, 0.5) is 0 Å². The highest BCUT2D eigenvalue weighted by Crippen LogP contribution is 2.33. The van der Waals surface area contributed by atoms with Gasteiger partial charge in [-0.05, 0) is 34.5 Å². The van der Waals surface area contributed by atoms with Crippen LogP contribution >= 0.6 is 15.9 Å². The number of methoxy groups -OCH3 is 1. The monoisotopic (exact) mass is 334 g/mol. The van der Waals surface area contributed by atoms with E-state index in [0.29, 0.717) is 23.7 Å². The summed E-state index contributed by atoms with van der Waals surface area (Å²) in [6.07, 6.45) is 0. The van der Waals surface area contributed by atoms with Gasteiger partial charge in [0, 0.05) is 6.07 Å². The molecular formula is C16H15BrO3. The quantitative estimate of drug-likeness (QED) is 0.767. The molecule has 0 heterocycles. The Balaban J connectivity index is 2.27. The van der Waals surface area contributed by atoms with Crippen molar-refractivity contribution in [1.29, 1.82) is 0 Å². The predicted molar refractivity (Wildman–Crippen MR) is 81.5 cm³/mol. The molecule has 0 aromatic heterocycles. The molecule has 104 valence electrons.